The molecule has 0 amide bonds. The number of hydrogen-bond donors (Lipinski definition) is 1. The predicted molar refractivity (Wildman–Crippen MR) is 67.9 cm³/mol. The van der Waals surface area contributed by atoms with E-state index in [0.717, 1.165) is 25.1 Å². The highest BCUT2D eigenvalue weighted by atomic mass is 19.1. The van der Waals surface area contributed by atoms with Crippen LogP contribution in [-0.2, 0) is 11.2 Å². The van der Waals surface area contributed by atoms with Gasteiger partial charge in [-0.15, -0.1) is 0 Å². The third-order valence-electron chi connectivity index (χ3n) is 3.25. The van der Waals surface area contributed by atoms with E-state index in [1.807, 2.05) is 6.07 Å². The Bertz CT molecular complexity index is 373. The van der Waals surface area contributed by atoms with Gasteiger partial charge in [0.1, 0.15) is 5.82 Å². The van der Waals surface area contributed by atoms with Gasteiger partial charge in [0.2, 0.25) is 0 Å². The molecule has 3 nitrogen and oxygen atoms in total. The standard InChI is InChI=1S/C14H20FNO2/c15-14-3-1-2-12(9-14)8-13-10-16(4-6-17)5-7-18-11-13/h1-3,9,13,17H,4-8,10-11H2/t13-/m0/s1. The molecule has 0 spiro atoms. The Balaban J connectivity index is 1.94. The van der Waals surface area contributed by atoms with E-state index >= 15 is 0 Å². The largest absolute Gasteiger partial charge is 0.395 e. The van der Waals surface area contributed by atoms with Crippen molar-refractivity contribution >= 4 is 0 Å². The van der Waals surface area contributed by atoms with Crippen LogP contribution in [0.2, 0.25) is 0 Å². The Morgan fingerprint density at radius 1 is 1.44 bits per heavy atom. The third-order valence-corrected chi connectivity index (χ3v) is 3.25. The summed E-state index contributed by atoms with van der Waals surface area (Å²) < 4.78 is 18.7. The molecule has 0 radical (unpaired) electrons. The number of halogens is 1. The van der Waals surface area contributed by atoms with Gasteiger partial charge >= 0.3 is 0 Å². The molecule has 100 valence electrons. The molecule has 4 heteroatoms. The molecule has 1 atom stereocenters. The van der Waals surface area contributed by atoms with E-state index in [1.54, 1.807) is 12.1 Å². The Morgan fingerprint density at radius 3 is 3.11 bits per heavy atom. The van der Waals surface area contributed by atoms with E-state index in [1.165, 1.54) is 6.07 Å². The zero-order chi connectivity index (χ0) is 12.8. The van der Waals surface area contributed by atoms with Crippen LogP contribution in [0.5, 0.6) is 0 Å². The summed E-state index contributed by atoms with van der Waals surface area (Å²) in [7, 11) is 0. The second-order valence-electron chi connectivity index (χ2n) is 4.80. The average Bonchev–Trinajstić information content (AvgIpc) is 2.55. The summed E-state index contributed by atoms with van der Waals surface area (Å²) in [5, 5.41) is 8.99. The van der Waals surface area contributed by atoms with Crippen molar-refractivity contribution in [3.05, 3.63) is 35.6 Å². The third kappa shape index (κ3) is 4.05. The molecule has 1 aliphatic rings. The Labute approximate surface area is 107 Å². The summed E-state index contributed by atoms with van der Waals surface area (Å²) in [6.45, 7) is 4.03. The van der Waals surface area contributed by atoms with Crippen molar-refractivity contribution in [3.63, 3.8) is 0 Å². The second-order valence-corrected chi connectivity index (χ2v) is 4.80. The number of rotatable bonds is 4. The maximum absolute atomic E-state index is 13.1. The van der Waals surface area contributed by atoms with Crippen LogP contribution in [0.3, 0.4) is 0 Å². The number of nitrogens with zero attached hydrogens (tertiary/aromatic N) is 1. The summed E-state index contributed by atoms with van der Waals surface area (Å²) in [6, 6.07) is 6.74. The summed E-state index contributed by atoms with van der Waals surface area (Å²) >= 11 is 0. The SMILES string of the molecule is OCCN1CCOC[C@@H](Cc2cccc(F)c2)C1. The van der Waals surface area contributed by atoms with Gasteiger partial charge in [0.15, 0.2) is 0 Å². The predicted octanol–water partition coefficient (Wildman–Crippen LogP) is 1.31. The van der Waals surface area contributed by atoms with Crippen LogP contribution >= 0.6 is 0 Å². The van der Waals surface area contributed by atoms with Gasteiger partial charge < -0.3 is 9.84 Å². The smallest absolute Gasteiger partial charge is 0.123 e. The van der Waals surface area contributed by atoms with Crippen LogP contribution < -0.4 is 0 Å². The number of β-amino-alcohol motifs (C(OH)–C–C–N with tert-alkyl or cyclic N) is 1. The number of hydrogen-bond acceptors (Lipinski definition) is 3. The molecular weight excluding hydrogens is 233 g/mol. The molecule has 0 aromatic heterocycles. The minimum absolute atomic E-state index is 0.173. The van der Waals surface area contributed by atoms with Gasteiger partial charge in [-0.2, -0.15) is 0 Å². The van der Waals surface area contributed by atoms with Crippen molar-refractivity contribution in [1.29, 1.82) is 0 Å². The molecular formula is C14H20FNO2. The number of aliphatic hydroxyl groups excluding tert-OH is 1. The number of aliphatic hydroxyl groups is 1. The average molecular weight is 253 g/mol. The molecule has 0 aliphatic carbocycles. The summed E-state index contributed by atoms with van der Waals surface area (Å²) in [6.07, 6.45) is 0.819. The second kappa shape index (κ2) is 6.83. The van der Waals surface area contributed by atoms with Crippen LogP contribution in [0.15, 0.2) is 24.3 Å². The lowest BCUT2D eigenvalue weighted by atomic mass is 9.99. The first-order valence-electron chi connectivity index (χ1n) is 6.43. The summed E-state index contributed by atoms with van der Waals surface area (Å²) in [5.41, 5.74) is 1.01. The van der Waals surface area contributed by atoms with E-state index < -0.39 is 0 Å². The fourth-order valence-electron chi connectivity index (χ4n) is 2.42. The topological polar surface area (TPSA) is 32.7 Å². The Morgan fingerprint density at radius 2 is 2.33 bits per heavy atom. The molecule has 1 fully saturated rings. The minimum Gasteiger partial charge on any atom is -0.395 e. The van der Waals surface area contributed by atoms with Gasteiger partial charge in [0.05, 0.1) is 19.8 Å². The molecule has 18 heavy (non-hydrogen) atoms. The van der Waals surface area contributed by atoms with Gasteiger partial charge in [0, 0.05) is 19.6 Å². The molecule has 2 rings (SSSR count). The van der Waals surface area contributed by atoms with Crippen LogP contribution in [-0.4, -0.2) is 49.5 Å². The van der Waals surface area contributed by atoms with E-state index in [2.05, 4.69) is 4.90 Å². The fraction of sp³-hybridized carbons (Fsp3) is 0.571. The van der Waals surface area contributed by atoms with Crippen molar-refractivity contribution in [2.24, 2.45) is 5.92 Å². The van der Waals surface area contributed by atoms with Crippen molar-refractivity contribution in [1.82, 2.24) is 4.90 Å². The fourth-order valence-corrected chi connectivity index (χ4v) is 2.42. The van der Waals surface area contributed by atoms with Gasteiger partial charge in [-0.25, -0.2) is 4.39 Å². The normalized spacial score (nSPS) is 21.8. The monoisotopic (exact) mass is 253 g/mol. The van der Waals surface area contributed by atoms with E-state index in [4.69, 9.17) is 9.84 Å². The van der Waals surface area contributed by atoms with E-state index in [9.17, 15) is 4.39 Å². The Kier molecular flexibility index (Phi) is 5.11. The summed E-state index contributed by atoms with van der Waals surface area (Å²) in [4.78, 5) is 2.21. The molecule has 1 N–H and O–H groups in total. The van der Waals surface area contributed by atoms with Crippen molar-refractivity contribution < 1.29 is 14.2 Å². The molecule has 0 unspecified atom stereocenters. The van der Waals surface area contributed by atoms with Crippen LogP contribution in [0, 0.1) is 11.7 Å². The first-order valence-corrected chi connectivity index (χ1v) is 6.43. The molecule has 1 aromatic carbocycles. The minimum atomic E-state index is -0.186. The van der Waals surface area contributed by atoms with Crippen molar-refractivity contribution in [2.45, 2.75) is 6.42 Å². The highest BCUT2D eigenvalue weighted by Gasteiger charge is 2.18. The lowest BCUT2D eigenvalue weighted by Crippen LogP contribution is -2.33. The maximum Gasteiger partial charge on any atom is 0.123 e. The van der Waals surface area contributed by atoms with Crippen molar-refractivity contribution in [3.8, 4) is 0 Å². The van der Waals surface area contributed by atoms with E-state index in [-0.39, 0.29) is 12.4 Å². The highest BCUT2D eigenvalue weighted by Crippen LogP contribution is 2.14. The zero-order valence-corrected chi connectivity index (χ0v) is 10.5. The van der Waals surface area contributed by atoms with Crippen LogP contribution in [0.4, 0.5) is 4.39 Å². The van der Waals surface area contributed by atoms with Crippen LogP contribution in [0.25, 0.3) is 0 Å². The van der Waals surface area contributed by atoms with Crippen molar-refractivity contribution in [2.75, 3.05) is 39.5 Å². The van der Waals surface area contributed by atoms with Crippen LogP contribution in [0.1, 0.15) is 5.56 Å². The van der Waals surface area contributed by atoms with Gasteiger partial charge in [0.25, 0.3) is 0 Å². The Hall–Kier alpha value is -0.970. The molecule has 1 saturated heterocycles. The first-order chi connectivity index (χ1) is 8.78. The number of benzene rings is 1. The molecule has 1 heterocycles. The lowest BCUT2D eigenvalue weighted by molar-refractivity contribution is 0.121. The molecule has 0 bridgehead atoms. The van der Waals surface area contributed by atoms with Gasteiger partial charge in [-0.1, -0.05) is 12.1 Å². The number of ether oxygens (including phenoxy) is 1. The zero-order valence-electron chi connectivity index (χ0n) is 10.5. The molecule has 0 saturated carbocycles. The molecule has 1 aromatic rings. The quantitative estimate of drug-likeness (QED) is 0.878. The molecule has 1 aliphatic heterocycles. The lowest BCUT2D eigenvalue weighted by Gasteiger charge is -2.22. The first kappa shape index (κ1) is 13.5. The van der Waals surface area contributed by atoms with Gasteiger partial charge in [-0.3, -0.25) is 4.90 Å². The van der Waals surface area contributed by atoms with E-state index in [0.29, 0.717) is 25.7 Å². The maximum atomic E-state index is 13.1. The highest BCUT2D eigenvalue weighted by molar-refractivity contribution is 5.17. The summed E-state index contributed by atoms with van der Waals surface area (Å²) in [5.74, 6) is 0.176. The van der Waals surface area contributed by atoms with Gasteiger partial charge in [-0.05, 0) is 30.0 Å².